The van der Waals surface area contributed by atoms with Crippen molar-refractivity contribution < 1.29 is 23.9 Å². The van der Waals surface area contributed by atoms with Gasteiger partial charge in [0.25, 0.3) is 0 Å². The molecule has 2 aliphatic rings. The number of nitrogens with zero attached hydrogens (tertiary/aromatic N) is 2. The Kier molecular flexibility index (Phi) is 8.74. The molecule has 3 heterocycles. The first kappa shape index (κ1) is 29.6. The second-order valence-corrected chi connectivity index (χ2v) is 11.7. The number of hydrogen-bond acceptors (Lipinski definition) is 5. The summed E-state index contributed by atoms with van der Waals surface area (Å²) in [4.78, 5) is 46.5. The van der Waals surface area contributed by atoms with E-state index in [0.717, 1.165) is 27.7 Å². The van der Waals surface area contributed by atoms with Gasteiger partial charge in [0.1, 0.15) is 0 Å². The third-order valence-corrected chi connectivity index (χ3v) is 8.51. The van der Waals surface area contributed by atoms with Crippen LogP contribution in [0.15, 0.2) is 66.7 Å². The molecule has 44 heavy (non-hydrogen) atoms. The monoisotopic (exact) mass is 614 g/mol. The lowest BCUT2D eigenvalue weighted by Gasteiger charge is -2.25. The van der Waals surface area contributed by atoms with E-state index in [-0.39, 0.29) is 37.2 Å². The standard InChI is InChI=1S/C34H35ClN4O5/c1-43-30-11-10-22-16-29-27(26-8-2-3-9-28(26)37-29)12-13-36-32(40)21-38(14-5-15-44-31(30)17-22)34(42)23-18-33(41)39(20-23)25-7-4-6-24(35)19-25/h2-4,6-11,17,19,23,37H,5,12-16,18,20-21H2,1H3,(H,36,40). The zero-order valence-electron chi connectivity index (χ0n) is 24.6. The Balaban J connectivity index is 1.23. The first-order valence-electron chi connectivity index (χ1n) is 14.9. The van der Waals surface area contributed by atoms with Gasteiger partial charge in [0.2, 0.25) is 17.7 Å². The molecular formula is C34H35ClN4O5. The highest BCUT2D eigenvalue weighted by Gasteiger charge is 2.37. The van der Waals surface area contributed by atoms with Gasteiger partial charge in [-0.05, 0) is 60.4 Å². The van der Waals surface area contributed by atoms with Crippen LogP contribution in [0.2, 0.25) is 5.02 Å². The Bertz CT molecular complexity index is 1700. The molecular weight excluding hydrogens is 580 g/mol. The second kappa shape index (κ2) is 13.0. The van der Waals surface area contributed by atoms with Crippen LogP contribution in [-0.4, -0.2) is 67.5 Å². The number of methoxy groups -OCH3 is 1. The molecule has 1 fully saturated rings. The van der Waals surface area contributed by atoms with Gasteiger partial charge in [0.05, 0.1) is 26.2 Å². The van der Waals surface area contributed by atoms with Crippen molar-refractivity contribution >= 4 is 45.9 Å². The summed E-state index contributed by atoms with van der Waals surface area (Å²) in [6.07, 6.45) is 1.88. The largest absolute Gasteiger partial charge is 0.493 e. The normalized spacial score (nSPS) is 18.1. The Morgan fingerprint density at radius 3 is 2.77 bits per heavy atom. The molecule has 2 N–H and O–H groups in total. The minimum Gasteiger partial charge on any atom is -0.493 e. The average molecular weight is 615 g/mol. The van der Waals surface area contributed by atoms with E-state index >= 15 is 0 Å². The number of rotatable bonds is 3. The van der Waals surface area contributed by atoms with Crippen LogP contribution in [-0.2, 0) is 27.2 Å². The fourth-order valence-electron chi connectivity index (χ4n) is 6.13. The van der Waals surface area contributed by atoms with Crippen molar-refractivity contribution in [3.05, 3.63) is 88.6 Å². The van der Waals surface area contributed by atoms with Crippen LogP contribution in [0.4, 0.5) is 5.69 Å². The van der Waals surface area contributed by atoms with Crippen molar-refractivity contribution in [1.82, 2.24) is 15.2 Å². The van der Waals surface area contributed by atoms with Crippen LogP contribution in [0.1, 0.15) is 29.7 Å². The van der Waals surface area contributed by atoms with E-state index in [1.165, 1.54) is 0 Å². The fraction of sp³-hybridized carbons (Fsp3) is 0.324. The lowest BCUT2D eigenvalue weighted by Crippen LogP contribution is -2.45. The van der Waals surface area contributed by atoms with Crippen LogP contribution < -0.4 is 19.7 Å². The number of nitrogens with one attached hydrogen (secondary N) is 2. The third kappa shape index (κ3) is 6.38. The van der Waals surface area contributed by atoms with Crippen molar-refractivity contribution in [3.8, 4) is 11.5 Å². The van der Waals surface area contributed by atoms with Crippen LogP contribution >= 0.6 is 11.6 Å². The van der Waals surface area contributed by atoms with Gasteiger partial charge in [-0.3, -0.25) is 14.4 Å². The van der Waals surface area contributed by atoms with E-state index < -0.39 is 5.92 Å². The third-order valence-electron chi connectivity index (χ3n) is 8.28. The van der Waals surface area contributed by atoms with Gasteiger partial charge in [0.15, 0.2) is 11.5 Å². The second-order valence-electron chi connectivity index (χ2n) is 11.2. The number of halogens is 1. The van der Waals surface area contributed by atoms with E-state index in [0.29, 0.717) is 61.2 Å². The van der Waals surface area contributed by atoms with Crippen molar-refractivity contribution in [3.63, 3.8) is 0 Å². The number of aromatic amines is 1. The van der Waals surface area contributed by atoms with E-state index in [4.69, 9.17) is 21.1 Å². The van der Waals surface area contributed by atoms with Crippen molar-refractivity contribution in [2.24, 2.45) is 5.92 Å². The van der Waals surface area contributed by atoms with E-state index in [9.17, 15) is 14.4 Å². The summed E-state index contributed by atoms with van der Waals surface area (Å²) < 4.78 is 11.7. The summed E-state index contributed by atoms with van der Waals surface area (Å²) >= 11 is 6.15. The summed E-state index contributed by atoms with van der Waals surface area (Å²) in [6, 6.07) is 21.1. The van der Waals surface area contributed by atoms with Crippen LogP contribution in [0.25, 0.3) is 10.9 Å². The number of benzene rings is 3. The Hall–Kier alpha value is -4.50. The number of aromatic nitrogens is 1. The number of fused-ring (bicyclic) bond motifs is 5. The smallest absolute Gasteiger partial charge is 0.239 e. The Labute approximate surface area is 261 Å². The van der Waals surface area contributed by atoms with Gasteiger partial charge in [-0.1, -0.05) is 41.9 Å². The molecule has 1 atom stereocenters. The van der Waals surface area contributed by atoms with E-state index in [1.54, 1.807) is 41.2 Å². The maximum atomic E-state index is 13.8. The first-order valence-corrected chi connectivity index (χ1v) is 15.3. The minimum absolute atomic E-state index is 0.0767. The highest BCUT2D eigenvalue weighted by molar-refractivity contribution is 6.31. The van der Waals surface area contributed by atoms with Crippen LogP contribution in [0.5, 0.6) is 11.5 Å². The summed E-state index contributed by atoms with van der Waals surface area (Å²) in [5.74, 6) is 0.0857. The molecule has 10 heteroatoms. The van der Waals surface area contributed by atoms with Crippen molar-refractivity contribution in [2.45, 2.75) is 25.7 Å². The molecule has 4 aromatic rings. The van der Waals surface area contributed by atoms with Crippen molar-refractivity contribution in [1.29, 1.82) is 0 Å². The number of carbonyl (C=O) groups is 3. The topological polar surface area (TPSA) is 104 Å². The first-order chi connectivity index (χ1) is 21.4. The fourth-order valence-corrected chi connectivity index (χ4v) is 6.31. The van der Waals surface area contributed by atoms with Gasteiger partial charge in [0, 0.05) is 59.8 Å². The zero-order valence-corrected chi connectivity index (χ0v) is 25.4. The highest BCUT2D eigenvalue weighted by Crippen LogP contribution is 2.32. The molecule has 1 aromatic heterocycles. The molecule has 0 aliphatic carbocycles. The molecule has 3 aromatic carbocycles. The van der Waals surface area contributed by atoms with Crippen molar-refractivity contribution in [2.75, 3.05) is 44.8 Å². The van der Waals surface area contributed by atoms with Gasteiger partial charge in [-0.15, -0.1) is 0 Å². The number of H-pyrrole nitrogens is 1. The Morgan fingerprint density at radius 1 is 1.07 bits per heavy atom. The molecule has 0 radical (unpaired) electrons. The summed E-state index contributed by atoms with van der Waals surface area (Å²) in [7, 11) is 1.61. The van der Waals surface area contributed by atoms with Crippen LogP contribution in [0.3, 0.4) is 0 Å². The maximum absolute atomic E-state index is 13.8. The lowest BCUT2D eigenvalue weighted by atomic mass is 10.0. The maximum Gasteiger partial charge on any atom is 0.239 e. The molecule has 228 valence electrons. The number of carbonyl (C=O) groups excluding carboxylic acids is 3. The van der Waals surface area contributed by atoms with E-state index in [2.05, 4.69) is 22.4 Å². The molecule has 6 rings (SSSR count). The van der Waals surface area contributed by atoms with Gasteiger partial charge >= 0.3 is 0 Å². The molecule has 1 unspecified atom stereocenters. The van der Waals surface area contributed by atoms with Gasteiger partial charge in [-0.2, -0.15) is 0 Å². The average Bonchev–Trinajstić information content (AvgIpc) is 3.58. The van der Waals surface area contributed by atoms with Gasteiger partial charge in [-0.25, -0.2) is 0 Å². The number of hydrogen-bond donors (Lipinski definition) is 2. The molecule has 0 spiro atoms. The summed E-state index contributed by atoms with van der Waals surface area (Å²) in [6.45, 7) is 1.20. The zero-order chi connectivity index (χ0) is 30.6. The van der Waals surface area contributed by atoms with Crippen LogP contribution in [0, 0.1) is 5.92 Å². The number of ether oxygens (including phenoxy) is 2. The molecule has 0 saturated carbocycles. The number of anilines is 1. The number of amides is 3. The predicted octanol–water partition coefficient (Wildman–Crippen LogP) is 4.74. The summed E-state index contributed by atoms with van der Waals surface area (Å²) in [5, 5.41) is 4.66. The predicted molar refractivity (Wildman–Crippen MR) is 169 cm³/mol. The molecule has 3 amide bonds. The quantitative estimate of drug-likeness (QED) is 0.347. The summed E-state index contributed by atoms with van der Waals surface area (Å²) in [5.41, 5.74) is 4.99. The van der Waals surface area contributed by atoms with Gasteiger partial charge < -0.3 is 29.6 Å². The Morgan fingerprint density at radius 2 is 1.93 bits per heavy atom. The molecule has 2 bridgehead atoms. The highest BCUT2D eigenvalue weighted by atomic mass is 35.5. The molecule has 2 aliphatic heterocycles. The SMILES string of the molecule is COc1ccc2cc1OCCCN(C(=O)C1CC(=O)N(c3cccc(Cl)c3)C1)CC(=O)NCCc1c([nH]c3ccccc13)C2. The molecule has 9 nitrogen and oxygen atoms in total. The molecule has 1 saturated heterocycles. The minimum atomic E-state index is -0.564. The lowest BCUT2D eigenvalue weighted by molar-refractivity contribution is -0.139. The van der Waals surface area contributed by atoms with E-state index in [1.807, 2.05) is 30.3 Å². The number of para-hydroxylation sites is 1.